The minimum Gasteiger partial charge on any atom is -0.458 e. The van der Waals surface area contributed by atoms with Crippen LogP contribution in [-0.2, 0) is 9.53 Å². The smallest absolute Gasteiger partial charge is 0.317 e. The van der Waals surface area contributed by atoms with Gasteiger partial charge in [0.05, 0.1) is 0 Å². The third-order valence-corrected chi connectivity index (χ3v) is 4.32. The van der Waals surface area contributed by atoms with E-state index in [1.807, 2.05) is 18.2 Å². The Kier molecular flexibility index (Phi) is 3.13. The largest absolute Gasteiger partial charge is 0.458 e. The first kappa shape index (κ1) is 12.4. The van der Waals surface area contributed by atoms with E-state index < -0.39 is 5.92 Å². The van der Waals surface area contributed by atoms with E-state index in [2.05, 4.69) is 0 Å². The lowest BCUT2D eigenvalue weighted by molar-refractivity contribution is -0.151. The molecule has 100 valence electrons. The Labute approximate surface area is 113 Å². The lowest BCUT2D eigenvalue weighted by Crippen LogP contribution is -2.31. The van der Waals surface area contributed by atoms with Crippen LogP contribution in [0.3, 0.4) is 0 Å². The summed E-state index contributed by atoms with van der Waals surface area (Å²) in [5.74, 6) is -1.01. The average molecular weight is 258 g/mol. The molecule has 1 saturated carbocycles. The molecule has 2 aliphatic rings. The molecule has 1 atom stereocenters. The van der Waals surface area contributed by atoms with Crippen molar-refractivity contribution in [1.82, 2.24) is 0 Å². The fourth-order valence-electron chi connectivity index (χ4n) is 3.29. The van der Waals surface area contributed by atoms with Gasteiger partial charge in [0.1, 0.15) is 11.5 Å². The van der Waals surface area contributed by atoms with Crippen molar-refractivity contribution in [3.63, 3.8) is 0 Å². The standard InChI is InChI=1S/C16H18O3/c17-14(12-7-3-1-4-8-12)13-11-16(19-15(13)18)9-5-2-6-10-16/h1,3-4,7-8,13H,2,5-6,9-11H2. The predicted octanol–water partition coefficient (Wildman–Crippen LogP) is 3.14. The van der Waals surface area contributed by atoms with Gasteiger partial charge in [0.25, 0.3) is 0 Å². The van der Waals surface area contributed by atoms with Crippen LogP contribution >= 0.6 is 0 Å². The average Bonchev–Trinajstić information content (AvgIpc) is 2.76. The highest BCUT2D eigenvalue weighted by Gasteiger charge is 2.49. The molecule has 1 saturated heterocycles. The second-order valence-corrected chi connectivity index (χ2v) is 5.65. The van der Waals surface area contributed by atoms with Gasteiger partial charge in [0.2, 0.25) is 0 Å². The molecule has 3 rings (SSSR count). The molecule has 1 aliphatic heterocycles. The summed E-state index contributed by atoms with van der Waals surface area (Å²) in [6.07, 6.45) is 5.80. The molecule has 2 fully saturated rings. The van der Waals surface area contributed by atoms with Crippen molar-refractivity contribution in [3.8, 4) is 0 Å². The number of rotatable bonds is 2. The normalized spacial score (nSPS) is 25.3. The Hall–Kier alpha value is -1.64. The first-order valence-corrected chi connectivity index (χ1v) is 7.02. The molecule has 3 heteroatoms. The maximum absolute atomic E-state index is 12.4. The molecule has 1 aliphatic carbocycles. The Morgan fingerprint density at radius 1 is 1.11 bits per heavy atom. The molecular formula is C16H18O3. The summed E-state index contributed by atoms with van der Waals surface area (Å²) in [5, 5.41) is 0. The summed E-state index contributed by atoms with van der Waals surface area (Å²) in [4.78, 5) is 24.4. The molecular weight excluding hydrogens is 240 g/mol. The van der Waals surface area contributed by atoms with Crippen LogP contribution in [0.4, 0.5) is 0 Å². The zero-order valence-corrected chi connectivity index (χ0v) is 10.9. The zero-order chi connectivity index (χ0) is 13.3. The van der Waals surface area contributed by atoms with Crippen LogP contribution in [0.1, 0.15) is 48.9 Å². The summed E-state index contributed by atoms with van der Waals surface area (Å²) in [5.41, 5.74) is 0.266. The van der Waals surface area contributed by atoms with Crippen molar-refractivity contribution in [2.75, 3.05) is 0 Å². The first-order chi connectivity index (χ1) is 9.20. The van der Waals surface area contributed by atoms with E-state index in [0.29, 0.717) is 12.0 Å². The predicted molar refractivity (Wildman–Crippen MR) is 70.8 cm³/mol. The van der Waals surface area contributed by atoms with Crippen molar-refractivity contribution >= 4 is 11.8 Å². The maximum Gasteiger partial charge on any atom is 0.317 e. The monoisotopic (exact) mass is 258 g/mol. The third-order valence-electron chi connectivity index (χ3n) is 4.32. The quantitative estimate of drug-likeness (QED) is 0.465. The van der Waals surface area contributed by atoms with E-state index in [1.54, 1.807) is 12.1 Å². The zero-order valence-electron chi connectivity index (χ0n) is 10.9. The van der Waals surface area contributed by atoms with Gasteiger partial charge in [-0.3, -0.25) is 9.59 Å². The van der Waals surface area contributed by atoms with Crippen LogP contribution in [0.2, 0.25) is 0 Å². The van der Waals surface area contributed by atoms with E-state index >= 15 is 0 Å². The van der Waals surface area contributed by atoms with E-state index in [0.717, 1.165) is 25.7 Å². The highest BCUT2D eigenvalue weighted by atomic mass is 16.6. The van der Waals surface area contributed by atoms with Crippen LogP contribution < -0.4 is 0 Å². The van der Waals surface area contributed by atoms with Crippen molar-refractivity contribution in [3.05, 3.63) is 35.9 Å². The van der Waals surface area contributed by atoms with Crippen LogP contribution in [0.25, 0.3) is 0 Å². The molecule has 1 aromatic rings. The molecule has 3 nitrogen and oxygen atoms in total. The van der Waals surface area contributed by atoms with Gasteiger partial charge in [-0.2, -0.15) is 0 Å². The summed E-state index contributed by atoms with van der Waals surface area (Å²) in [6.45, 7) is 0. The second kappa shape index (κ2) is 4.80. The fourth-order valence-corrected chi connectivity index (χ4v) is 3.29. The van der Waals surface area contributed by atoms with Gasteiger partial charge >= 0.3 is 5.97 Å². The Bertz CT molecular complexity index is 486. The van der Waals surface area contributed by atoms with Gasteiger partial charge in [0.15, 0.2) is 5.78 Å². The Balaban J connectivity index is 1.79. The number of benzene rings is 1. The van der Waals surface area contributed by atoms with Crippen molar-refractivity contribution in [2.24, 2.45) is 5.92 Å². The molecule has 0 N–H and O–H groups in total. The summed E-state index contributed by atoms with van der Waals surface area (Å²) in [7, 11) is 0. The molecule has 1 heterocycles. The van der Waals surface area contributed by atoms with Crippen molar-refractivity contribution < 1.29 is 14.3 Å². The molecule has 0 amide bonds. The number of carbonyl (C=O) groups is 2. The van der Waals surface area contributed by atoms with Crippen molar-refractivity contribution in [2.45, 2.75) is 44.1 Å². The van der Waals surface area contributed by atoms with Gasteiger partial charge < -0.3 is 4.74 Å². The molecule has 0 aromatic heterocycles. The number of ketones is 1. The summed E-state index contributed by atoms with van der Waals surface area (Å²) >= 11 is 0. The minimum absolute atomic E-state index is 0.0898. The number of esters is 1. The highest BCUT2D eigenvalue weighted by Crippen LogP contribution is 2.43. The van der Waals surface area contributed by atoms with Crippen LogP contribution in [0.15, 0.2) is 30.3 Å². The van der Waals surface area contributed by atoms with E-state index in [4.69, 9.17) is 4.74 Å². The van der Waals surface area contributed by atoms with E-state index in [9.17, 15) is 9.59 Å². The number of Topliss-reactive ketones (excluding diaryl/α,β-unsaturated/α-hetero) is 1. The SMILES string of the molecule is O=C1OC2(CCCCC2)CC1C(=O)c1ccccc1. The molecule has 1 aromatic carbocycles. The summed E-state index contributed by atoms with van der Waals surface area (Å²) in [6, 6.07) is 9.04. The Morgan fingerprint density at radius 3 is 2.47 bits per heavy atom. The minimum atomic E-state index is -0.597. The van der Waals surface area contributed by atoms with Gasteiger partial charge in [-0.15, -0.1) is 0 Å². The molecule has 0 bridgehead atoms. The summed E-state index contributed by atoms with van der Waals surface area (Å²) < 4.78 is 5.59. The van der Waals surface area contributed by atoms with Gasteiger partial charge in [0, 0.05) is 12.0 Å². The number of ether oxygens (including phenoxy) is 1. The van der Waals surface area contributed by atoms with E-state index in [-0.39, 0.29) is 17.4 Å². The fraction of sp³-hybridized carbons (Fsp3) is 0.500. The molecule has 19 heavy (non-hydrogen) atoms. The van der Waals surface area contributed by atoms with Crippen molar-refractivity contribution in [1.29, 1.82) is 0 Å². The Morgan fingerprint density at radius 2 is 1.79 bits per heavy atom. The first-order valence-electron chi connectivity index (χ1n) is 7.02. The number of hydrogen-bond donors (Lipinski definition) is 0. The van der Waals surface area contributed by atoms with E-state index in [1.165, 1.54) is 6.42 Å². The topological polar surface area (TPSA) is 43.4 Å². The lowest BCUT2D eigenvalue weighted by Gasteiger charge is -2.31. The second-order valence-electron chi connectivity index (χ2n) is 5.65. The van der Waals surface area contributed by atoms with Crippen LogP contribution in [0.5, 0.6) is 0 Å². The van der Waals surface area contributed by atoms with Crippen LogP contribution in [-0.4, -0.2) is 17.4 Å². The maximum atomic E-state index is 12.4. The molecule has 1 unspecified atom stereocenters. The van der Waals surface area contributed by atoms with Gasteiger partial charge in [-0.05, 0) is 25.7 Å². The highest BCUT2D eigenvalue weighted by molar-refractivity contribution is 6.09. The van der Waals surface area contributed by atoms with Gasteiger partial charge in [-0.1, -0.05) is 36.8 Å². The van der Waals surface area contributed by atoms with Gasteiger partial charge in [-0.25, -0.2) is 0 Å². The molecule has 0 radical (unpaired) electrons. The molecule has 1 spiro atoms. The number of carbonyl (C=O) groups excluding carboxylic acids is 2. The van der Waals surface area contributed by atoms with Crippen LogP contribution in [0, 0.1) is 5.92 Å². The third kappa shape index (κ3) is 2.29. The lowest BCUT2D eigenvalue weighted by atomic mass is 9.79. The number of hydrogen-bond acceptors (Lipinski definition) is 3.